The van der Waals surface area contributed by atoms with Crippen LogP contribution in [0.2, 0.25) is 5.02 Å². The van der Waals surface area contributed by atoms with Crippen molar-refractivity contribution in [3.8, 4) is 0 Å². The second-order valence-electron chi connectivity index (χ2n) is 4.99. The third-order valence-electron chi connectivity index (χ3n) is 3.46. The summed E-state index contributed by atoms with van der Waals surface area (Å²) in [6.07, 6.45) is 0. The summed E-state index contributed by atoms with van der Waals surface area (Å²) in [6, 6.07) is 10.5. The van der Waals surface area contributed by atoms with Gasteiger partial charge in [-0.1, -0.05) is 29.8 Å². The fourth-order valence-corrected chi connectivity index (χ4v) is 3.72. The van der Waals surface area contributed by atoms with Gasteiger partial charge in [0.05, 0.1) is 10.8 Å². The highest BCUT2D eigenvalue weighted by Gasteiger charge is 2.33. The molecule has 2 aromatic rings. The maximum absolute atomic E-state index is 13.3. The molecule has 2 nitrogen and oxygen atoms in total. The van der Waals surface area contributed by atoms with E-state index in [1.807, 2.05) is 0 Å². The molecule has 0 radical (unpaired) electrons. The van der Waals surface area contributed by atoms with E-state index in [-0.39, 0.29) is 22.1 Å². The van der Waals surface area contributed by atoms with Crippen molar-refractivity contribution >= 4 is 29.3 Å². The highest BCUT2D eigenvalue weighted by atomic mass is 35.5. The Hall–Kier alpha value is -1.59. The first-order valence-electron chi connectivity index (χ1n) is 6.65. The lowest BCUT2D eigenvalue weighted by Gasteiger charge is -2.24. The summed E-state index contributed by atoms with van der Waals surface area (Å²) in [4.78, 5) is 13.8. The van der Waals surface area contributed by atoms with Gasteiger partial charge in [0, 0.05) is 6.54 Å². The molecule has 1 unspecified atom stereocenters. The number of amides is 1. The number of hydrogen-bond acceptors (Lipinski definition) is 2. The van der Waals surface area contributed by atoms with Gasteiger partial charge < -0.3 is 4.90 Å². The van der Waals surface area contributed by atoms with E-state index < -0.39 is 5.82 Å². The fourth-order valence-electron chi connectivity index (χ4n) is 2.35. The monoisotopic (exact) mass is 339 g/mol. The first kappa shape index (κ1) is 15.3. The van der Waals surface area contributed by atoms with E-state index in [0.717, 1.165) is 11.1 Å². The molecule has 1 atom stereocenters. The van der Waals surface area contributed by atoms with Crippen molar-refractivity contribution in [2.75, 3.05) is 5.75 Å². The van der Waals surface area contributed by atoms with Crippen molar-refractivity contribution in [3.05, 3.63) is 70.2 Å². The largest absolute Gasteiger partial charge is 0.322 e. The molecule has 114 valence electrons. The maximum Gasteiger partial charge on any atom is 0.234 e. The van der Waals surface area contributed by atoms with Crippen LogP contribution in [-0.4, -0.2) is 16.6 Å². The lowest BCUT2D eigenvalue weighted by atomic mass is 10.1. The zero-order valence-corrected chi connectivity index (χ0v) is 13.0. The van der Waals surface area contributed by atoms with E-state index >= 15 is 0 Å². The van der Waals surface area contributed by atoms with Gasteiger partial charge in [0.1, 0.15) is 17.0 Å². The summed E-state index contributed by atoms with van der Waals surface area (Å²) in [7, 11) is 0. The molecule has 1 heterocycles. The number of rotatable bonds is 3. The van der Waals surface area contributed by atoms with E-state index in [1.165, 1.54) is 30.0 Å². The fraction of sp³-hybridized carbons (Fsp3) is 0.188. The zero-order chi connectivity index (χ0) is 15.7. The zero-order valence-electron chi connectivity index (χ0n) is 11.4. The van der Waals surface area contributed by atoms with Crippen LogP contribution in [0.4, 0.5) is 8.78 Å². The SMILES string of the molecule is O=C1CSC(c2ccc(F)c(Cl)c2)N1Cc1ccc(F)cc1. The molecule has 0 N–H and O–H groups in total. The smallest absolute Gasteiger partial charge is 0.234 e. The lowest BCUT2D eigenvalue weighted by Crippen LogP contribution is -2.27. The van der Waals surface area contributed by atoms with E-state index in [1.54, 1.807) is 29.2 Å². The molecule has 1 aliphatic rings. The predicted molar refractivity (Wildman–Crippen MR) is 83.6 cm³/mol. The summed E-state index contributed by atoms with van der Waals surface area (Å²) in [5.74, 6) is -0.432. The first-order chi connectivity index (χ1) is 10.5. The molecule has 0 aromatic heterocycles. The maximum atomic E-state index is 13.3. The number of hydrogen-bond donors (Lipinski definition) is 0. The summed E-state index contributed by atoms with van der Waals surface area (Å²) < 4.78 is 26.3. The van der Waals surface area contributed by atoms with Crippen molar-refractivity contribution in [1.29, 1.82) is 0 Å². The molecule has 1 saturated heterocycles. The minimum atomic E-state index is -0.482. The molecule has 1 fully saturated rings. The Balaban J connectivity index is 1.85. The van der Waals surface area contributed by atoms with Gasteiger partial charge in [-0.05, 0) is 35.4 Å². The molecule has 0 bridgehead atoms. The van der Waals surface area contributed by atoms with Crippen LogP contribution >= 0.6 is 23.4 Å². The number of nitrogens with zero attached hydrogens (tertiary/aromatic N) is 1. The first-order valence-corrected chi connectivity index (χ1v) is 8.08. The topological polar surface area (TPSA) is 20.3 Å². The summed E-state index contributed by atoms with van der Waals surface area (Å²) >= 11 is 7.29. The highest BCUT2D eigenvalue weighted by molar-refractivity contribution is 8.00. The highest BCUT2D eigenvalue weighted by Crippen LogP contribution is 2.40. The van der Waals surface area contributed by atoms with Crippen molar-refractivity contribution in [2.45, 2.75) is 11.9 Å². The summed E-state index contributed by atoms with van der Waals surface area (Å²) in [5, 5.41) is -0.171. The summed E-state index contributed by atoms with van der Waals surface area (Å²) in [5.41, 5.74) is 1.62. The molecule has 0 aliphatic carbocycles. The van der Waals surface area contributed by atoms with Crippen LogP contribution < -0.4 is 0 Å². The number of thioether (sulfide) groups is 1. The number of carbonyl (C=O) groups excluding carboxylic acids is 1. The molecule has 3 rings (SSSR count). The van der Waals surface area contributed by atoms with Gasteiger partial charge >= 0.3 is 0 Å². The Labute approximate surface area is 136 Å². The normalized spacial score (nSPS) is 18.0. The van der Waals surface area contributed by atoms with Crippen LogP contribution in [0.15, 0.2) is 42.5 Å². The Morgan fingerprint density at radius 1 is 1.18 bits per heavy atom. The number of benzene rings is 2. The number of halogens is 3. The molecule has 0 spiro atoms. The van der Waals surface area contributed by atoms with Crippen LogP contribution in [0.25, 0.3) is 0 Å². The van der Waals surface area contributed by atoms with Gasteiger partial charge in [0.15, 0.2) is 0 Å². The lowest BCUT2D eigenvalue weighted by molar-refractivity contribution is -0.128. The van der Waals surface area contributed by atoms with Crippen molar-refractivity contribution in [1.82, 2.24) is 4.90 Å². The van der Waals surface area contributed by atoms with Crippen LogP contribution in [0, 0.1) is 11.6 Å². The quantitative estimate of drug-likeness (QED) is 0.826. The minimum absolute atomic E-state index is 0.000211. The van der Waals surface area contributed by atoms with Crippen molar-refractivity contribution < 1.29 is 13.6 Å². The Morgan fingerprint density at radius 2 is 1.91 bits per heavy atom. The van der Waals surface area contributed by atoms with Gasteiger partial charge in [-0.15, -0.1) is 11.8 Å². The average molecular weight is 340 g/mol. The standard InChI is InChI=1S/C16H12ClF2NOS/c17-13-7-11(3-6-14(13)19)16-20(15(21)9-22-16)8-10-1-4-12(18)5-2-10/h1-7,16H,8-9H2. The van der Waals surface area contributed by atoms with Crippen molar-refractivity contribution in [3.63, 3.8) is 0 Å². The molecule has 1 aliphatic heterocycles. The molecular formula is C16H12ClF2NOS. The van der Waals surface area contributed by atoms with E-state index in [4.69, 9.17) is 11.6 Å². The molecule has 0 saturated carbocycles. The van der Waals surface area contributed by atoms with Crippen LogP contribution in [0.3, 0.4) is 0 Å². The van der Waals surface area contributed by atoms with Gasteiger partial charge in [-0.25, -0.2) is 8.78 Å². The Bertz CT molecular complexity index is 708. The van der Waals surface area contributed by atoms with Crippen LogP contribution in [0.1, 0.15) is 16.5 Å². The van der Waals surface area contributed by atoms with E-state index in [2.05, 4.69) is 0 Å². The van der Waals surface area contributed by atoms with Gasteiger partial charge in [0.2, 0.25) is 5.91 Å². The van der Waals surface area contributed by atoms with Gasteiger partial charge in [-0.2, -0.15) is 0 Å². The summed E-state index contributed by atoms with van der Waals surface area (Å²) in [6.45, 7) is 0.381. The molecular weight excluding hydrogens is 328 g/mol. The molecule has 1 amide bonds. The third-order valence-corrected chi connectivity index (χ3v) is 5.01. The van der Waals surface area contributed by atoms with Crippen LogP contribution in [-0.2, 0) is 11.3 Å². The minimum Gasteiger partial charge on any atom is -0.322 e. The van der Waals surface area contributed by atoms with Gasteiger partial charge in [-0.3, -0.25) is 4.79 Å². The van der Waals surface area contributed by atoms with E-state index in [9.17, 15) is 13.6 Å². The Kier molecular flexibility index (Phi) is 4.36. The molecule has 6 heteroatoms. The molecule has 22 heavy (non-hydrogen) atoms. The second kappa shape index (κ2) is 6.26. The average Bonchev–Trinajstić information content (AvgIpc) is 2.86. The second-order valence-corrected chi connectivity index (χ2v) is 6.46. The van der Waals surface area contributed by atoms with Crippen LogP contribution in [0.5, 0.6) is 0 Å². The Morgan fingerprint density at radius 3 is 2.59 bits per heavy atom. The van der Waals surface area contributed by atoms with Crippen molar-refractivity contribution in [2.24, 2.45) is 0 Å². The number of carbonyl (C=O) groups is 1. The van der Waals surface area contributed by atoms with Gasteiger partial charge in [0.25, 0.3) is 0 Å². The van der Waals surface area contributed by atoms with E-state index in [0.29, 0.717) is 12.3 Å². The molecule has 2 aromatic carbocycles. The predicted octanol–water partition coefficient (Wildman–Crippen LogP) is 4.39. The third kappa shape index (κ3) is 3.10.